The zero-order valence-electron chi connectivity index (χ0n) is 13.4. The summed E-state index contributed by atoms with van der Waals surface area (Å²) in [6.07, 6.45) is 8.03. The third kappa shape index (κ3) is 2.95. The lowest BCUT2D eigenvalue weighted by Gasteiger charge is -2.21. The van der Waals surface area contributed by atoms with Gasteiger partial charge in [-0.05, 0) is 57.7 Å². The van der Waals surface area contributed by atoms with Gasteiger partial charge in [-0.3, -0.25) is 9.59 Å². The van der Waals surface area contributed by atoms with E-state index < -0.39 is 0 Å². The molecular weight excluding hydrogens is 278 g/mol. The lowest BCUT2D eigenvalue weighted by molar-refractivity contribution is 0.405. The fraction of sp³-hybridized carbons (Fsp3) is 0.647. The van der Waals surface area contributed by atoms with Gasteiger partial charge >= 0.3 is 0 Å². The Morgan fingerprint density at radius 1 is 1.09 bits per heavy atom. The number of hydrogen-bond acceptors (Lipinski definition) is 5. The minimum atomic E-state index is -0.375. The van der Waals surface area contributed by atoms with Crippen LogP contribution in [0.25, 0.3) is 0 Å². The zero-order chi connectivity index (χ0) is 15.7. The molecule has 1 aromatic rings. The molecular formula is C17H25N3O2. The van der Waals surface area contributed by atoms with Crippen molar-refractivity contribution >= 4 is 11.4 Å². The number of rotatable bonds is 8. The van der Waals surface area contributed by atoms with Gasteiger partial charge in [0.1, 0.15) is 11.4 Å². The van der Waals surface area contributed by atoms with Gasteiger partial charge in [-0.15, -0.1) is 0 Å². The van der Waals surface area contributed by atoms with Gasteiger partial charge in [-0.2, -0.15) is 0 Å². The molecule has 2 aliphatic rings. The van der Waals surface area contributed by atoms with Crippen molar-refractivity contribution in [2.45, 2.75) is 19.3 Å². The normalized spacial score (nSPS) is 26.2. The topological polar surface area (TPSA) is 61.4 Å². The number of nitrogens with zero attached hydrogens (tertiary/aromatic N) is 1. The molecule has 0 unspecified atom stereocenters. The Labute approximate surface area is 131 Å². The van der Waals surface area contributed by atoms with E-state index in [9.17, 15) is 9.59 Å². The Bertz CT molecular complexity index is 628. The number of hydrogen-bond donors (Lipinski definition) is 2. The average molecular weight is 303 g/mol. The molecule has 1 aromatic carbocycles. The van der Waals surface area contributed by atoms with Crippen molar-refractivity contribution in [3.63, 3.8) is 0 Å². The van der Waals surface area contributed by atoms with Crippen molar-refractivity contribution in [3.8, 4) is 0 Å². The molecule has 0 saturated heterocycles. The van der Waals surface area contributed by atoms with Crippen molar-refractivity contribution in [3.05, 3.63) is 32.6 Å². The highest BCUT2D eigenvalue weighted by Gasteiger charge is 2.35. The van der Waals surface area contributed by atoms with Gasteiger partial charge in [0.15, 0.2) is 0 Å². The van der Waals surface area contributed by atoms with Crippen LogP contribution in [0.1, 0.15) is 19.3 Å². The molecule has 0 radical (unpaired) electrons. The van der Waals surface area contributed by atoms with Crippen molar-refractivity contribution in [1.29, 1.82) is 0 Å². The molecule has 0 amide bonds. The monoisotopic (exact) mass is 303 g/mol. The van der Waals surface area contributed by atoms with Crippen LogP contribution >= 0.6 is 0 Å². The van der Waals surface area contributed by atoms with Crippen LogP contribution in [-0.2, 0) is 0 Å². The van der Waals surface area contributed by atoms with Crippen molar-refractivity contribution in [2.75, 3.05) is 44.4 Å². The first kappa shape index (κ1) is 15.3. The zero-order valence-corrected chi connectivity index (χ0v) is 13.4. The van der Waals surface area contributed by atoms with Gasteiger partial charge in [0, 0.05) is 13.1 Å². The Morgan fingerprint density at radius 2 is 1.82 bits per heavy atom. The molecule has 120 valence electrons. The maximum atomic E-state index is 11.7. The third-order valence-electron chi connectivity index (χ3n) is 4.95. The molecule has 0 aromatic heterocycles. The van der Waals surface area contributed by atoms with Gasteiger partial charge in [0.25, 0.3) is 10.9 Å². The molecule has 1 fully saturated rings. The van der Waals surface area contributed by atoms with Gasteiger partial charge in [0.05, 0.1) is 0 Å². The van der Waals surface area contributed by atoms with E-state index in [1.54, 1.807) is 0 Å². The molecule has 0 spiro atoms. The van der Waals surface area contributed by atoms with E-state index in [1.807, 2.05) is 14.1 Å². The Hall–Kier alpha value is -1.62. The minimum Gasteiger partial charge on any atom is -0.380 e. The fourth-order valence-corrected chi connectivity index (χ4v) is 3.70. The lowest BCUT2D eigenvalue weighted by atomic mass is 9.93. The minimum absolute atomic E-state index is 0.367. The molecule has 5 heteroatoms. The first-order valence-electron chi connectivity index (χ1n) is 8.20. The predicted octanol–water partition coefficient (Wildman–Crippen LogP) is 1.27. The SMILES string of the molecule is CN(C)CCCNc1c(NC[C@@H]2C[C@@H]3C=C[C@H]2C3)c(=O)c1=O. The summed E-state index contributed by atoms with van der Waals surface area (Å²) in [6, 6.07) is 0. The first-order valence-corrected chi connectivity index (χ1v) is 8.20. The van der Waals surface area contributed by atoms with Gasteiger partial charge < -0.3 is 15.5 Å². The van der Waals surface area contributed by atoms with Gasteiger partial charge in [0.2, 0.25) is 0 Å². The highest BCUT2D eigenvalue weighted by molar-refractivity contribution is 5.73. The van der Waals surface area contributed by atoms with Crippen LogP contribution in [0.15, 0.2) is 21.7 Å². The lowest BCUT2D eigenvalue weighted by Crippen LogP contribution is -2.38. The maximum Gasteiger partial charge on any atom is 0.253 e. The molecule has 1 saturated carbocycles. The van der Waals surface area contributed by atoms with E-state index in [2.05, 4.69) is 27.7 Å². The summed E-state index contributed by atoms with van der Waals surface area (Å²) in [4.78, 5) is 25.5. The molecule has 2 aliphatic carbocycles. The summed E-state index contributed by atoms with van der Waals surface area (Å²) in [7, 11) is 4.04. The smallest absolute Gasteiger partial charge is 0.253 e. The maximum absolute atomic E-state index is 11.7. The highest BCUT2D eigenvalue weighted by atomic mass is 16.2. The van der Waals surface area contributed by atoms with E-state index in [1.165, 1.54) is 12.8 Å². The van der Waals surface area contributed by atoms with Crippen LogP contribution in [0.4, 0.5) is 11.4 Å². The van der Waals surface area contributed by atoms with Crippen LogP contribution in [0.3, 0.4) is 0 Å². The van der Waals surface area contributed by atoms with E-state index in [0.29, 0.717) is 29.8 Å². The van der Waals surface area contributed by atoms with E-state index in [-0.39, 0.29) is 10.9 Å². The standard InChI is InChI=1S/C17H25N3O2/c1-20(2)7-3-6-18-14-15(17(22)16(14)21)19-10-13-9-11-4-5-12(13)8-11/h4-5,11-13,18-19H,3,6-10H2,1-2H3/t11-,12+,13+/m1/s1. The number of nitrogens with one attached hydrogen (secondary N) is 2. The Balaban J connectivity index is 1.51. The summed E-state index contributed by atoms with van der Waals surface area (Å²) in [6.45, 7) is 2.47. The molecule has 0 aliphatic heterocycles. The molecule has 22 heavy (non-hydrogen) atoms. The first-order chi connectivity index (χ1) is 10.6. The molecule has 5 nitrogen and oxygen atoms in total. The largest absolute Gasteiger partial charge is 0.380 e. The van der Waals surface area contributed by atoms with Gasteiger partial charge in [-0.1, -0.05) is 12.2 Å². The summed E-state index contributed by atoms with van der Waals surface area (Å²) >= 11 is 0. The van der Waals surface area contributed by atoms with Crippen molar-refractivity contribution in [1.82, 2.24) is 4.90 Å². The number of fused-ring (bicyclic) bond motifs is 2. The number of allylic oxidation sites excluding steroid dienone is 2. The van der Waals surface area contributed by atoms with Crippen molar-refractivity contribution < 1.29 is 0 Å². The third-order valence-corrected chi connectivity index (χ3v) is 4.95. The summed E-state index contributed by atoms with van der Waals surface area (Å²) < 4.78 is 0. The molecule has 3 atom stereocenters. The summed E-state index contributed by atoms with van der Waals surface area (Å²) in [5.74, 6) is 1.98. The fourth-order valence-electron chi connectivity index (χ4n) is 3.70. The predicted molar refractivity (Wildman–Crippen MR) is 90.3 cm³/mol. The molecule has 2 bridgehead atoms. The van der Waals surface area contributed by atoms with Gasteiger partial charge in [-0.25, -0.2) is 0 Å². The Morgan fingerprint density at radius 3 is 2.41 bits per heavy atom. The Kier molecular flexibility index (Phi) is 4.34. The second-order valence-corrected chi connectivity index (χ2v) is 6.91. The summed E-state index contributed by atoms with van der Waals surface area (Å²) in [5, 5.41) is 6.35. The van der Waals surface area contributed by atoms with E-state index >= 15 is 0 Å². The highest BCUT2D eigenvalue weighted by Crippen LogP contribution is 2.43. The molecule has 2 N–H and O–H groups in total. The second-order valence-electron chi connectivity index (χ2n) is 6.91. The molecule has 3 rings (SSSR count). The quantitative estimate of drug-likeness (QED) is 0.430. The van der Waals surface area contributed by atoms with Crippen LogP contribution in [0, 0.1) is 17.8 Å². The van der Waals surface area contributed by atoms with Crippen LogP contribution < -0.4 is 21.5 Å². The number of anilines is 2. The summed E-state index contributed by atoms with van der Waals surface area (Å²) in [5.41, 5.74) is 0.248. The van der Waals surface area contributed by atoms with Crippen LogP contribution in [-0.4, -0.2) is 38.6 Å². The van der Waals surface area contributed by atoms with E-state index in [4.69, 9.17) is 0 Å². The van der Waals surface area contributed by atoms with Crippen LogP contribution in [0.2, 0.25) is 0 Å². The second kappa shape index (κ2) is 6.24. The average Bonchev–Trinajstić information content (AvgIpc) is 3.11. The van der Waals surface area contributed by atoms with E-state index in [0.717, 1.165) is 25.4 Å². The molecule has 0 heterocycles. The van der Waals surface area contributed by atoms with Crippen LogP contribution in [0.5, 0.6) is 0 Å². The van der Waals surface area contributed by atoms with Crippen molar-refractivity contribution in [2.24, 2.45) is 17.8 Å².